The van der Waals surface area contributed by atoms with Gasteiger partial charge < -0.3 is 39.9 Å². The number of rotatable bonds is 36. The molecule has 54 heavy (non-hydrogen) atoms. The predicted octanol–water partition coefficient (Wildman–Crippen LogP) is 7.97. The summed E-state index contributed by atoms with van der Waals surface area (Å²) in [6, 6.07) is 0. The Morgan fingerprint density at radius 3 is 1.46 bits per heavy atom. The van der Waals surface area contributed by atoms with E-state index in [9.17, 15) is 39.8 Å². The molecule has 0 aliphatic heterocycles. The highest BCUT2D eigenvalue weighted by molar-refractivity contribution is 7.47. The van der Waals surface area contributed by atoms with Gasteiger partial charge in [-0.15, -0.1) is 0 Å². The number of hydrogen-bond acceptors (Lipinski definition) is 11. The van der Waals surface area contributed by atoms with E-state index in [0.29, 0.717) is 13.0 Å². The van der Waals surface area contributed by atoms with Gasteiger partial charge in [-0.05, 0) is 38.5 Å². The molecule has 6 N–H and O–H groups in total. The predicted molar refractivity (Wildman–Crippen MR) is 212 cm³/mol. The Labute approximate surface area is 327 Å². The number of aliphatic hydroxyl groups excluding tert-OH is 5. The molecule has 0 aromatic heterocycles. The number of phosphoric ester groups is 1. The number of allylic oxidation sites excluding steroid dienone is 2. The fourth-order valence-corrected chi connectivity index (χ4v) is 7.62. The number of ether oxygens (including phenoxy) is 2. The lowest BCUT2D eigenvalue weighted by Gasteiger charge is -2.41. The second kappa shape index (κ2) is 33.1. The standard InChI is InChI=1S/C41H79O12P/c1-3-5-7-9-11-13-14-15-16-17-18-19-20-21-22-23-25-27-29-31-50-32-34(52-35(42)30-28-26-24-12-10-8-6-4-2)33-51-54(48,49)53-41-39(46)37(44)36(43)38(45)40(41)47/h16-17,34,36-41,43-47H,3-15,18-33H2,1-2H3,(H,48,49)/b17-16-. The average molecular weight is 795 g/mol. The molecule has 0 amide bonds. The molecular weight excluding hydrogens is 715 g/mol. The van der Waals surface area contributed by atoms with E-state index in [4.69, 9.17) is 18.5 Å². The summed E-state index contributed by atoms with van der Waals surface area (Å²) < 4.78 is 34.0. The van der Waals surface area contributed by atoms with Gasteiger partial charge in [-0.1, -0.05) is 148 Å². The largest absolute Gasteiger partial charge is 0.472 e. The number of aliphatic hydroxyl groups is 5. The zero-order valence-electron chi connectivity index (χ0n) is 33.8. The second-order valence-corrected chi connectivity index (χ2v) is 16.6. The van der Waals surface area contributed by atoms with Gasteiger partial charge in [-0.2, -0.15) is 0 Å². The summed E-state index contributed by atoms with van der Waals surface area (Å²) in [6.07, 6.45) is 21.7. The van der Waals surface area contributed by atoms with Crippen molar-refractivity contribution in [1.82, 2.24) is 0 Å². The Morgan fingerprint density at radius 1 is 0.574 bits per heavy atom. The van der Waals surface area contributed by atoms with E-state index in [2.05, 4.69) is 26.0 Å². The molecule has 12 nitrogen and oxygen atoms in total. The van der Waals surface area contributed by atoms with Crippen LogP contribution in [0.25, 0.3) is 0 Å². The average Bonchev–Trinajstić information content (AvgIpc) is 3.15. The SMILES string of the molecule is CCCCCCCCC/C=C\CCCCCCCCCCOCC(COP(=O)(O)OC1C(O)C(O)C(O)C(O)C1O)OC(=O)CCCCCCCCCC. The highest BCUT2D eigenvalue weighted by Gasteiger charge is 2.51. The van der Waals surface area contributed by atoms with Crippen molar-refractivity contribution in [3.63, 3.8) is 0 Å². The Balaban J connectivity index is 2.35. The minimum absolute atomic E-state index is 0.0744. The summed E-state index contributed by atoms with van der Waals surface area (Å²) >= 11 is 0. The van der Waals surface area contributed by atoms with Crippen molar-refractivity contribution in [2.45, 2.75) is 224 Å². The van der Waals surface area contributed by atoms with Gasteiger partial charge in [0.15, 0.2) is 0 Å². The molecule has 6 unspecified atom stereocenters. The van der Waals surface area contributed by atoms with Crippen LogP contribution in [0.4, 0.5) is 0 Å². The molecule has 1 aliphatic rings. The van der Waals surface area contributed by atoms with E-state index in [1.165, 1.54) is 116 Å². The van der Waals surface area contributed by atoms with Crippen LogP contribution in [0.15, 0.2) is 12.2 Å². The van der Waals surface area contributed by atoms with Crippen LogP contribution in [0.2, 0.25) is 0 Å². The summed E-state index contributed by atoms with van der Waals surface area (Å²) in [5.41, 5.74) is 0. The summed E-state index contributed by atoms with van der Waals surface area (Å²) in [5, 5.41) is 50.0. The lowest BCUT2D eigenvalue weighted by Crippen LogP contribution is -2.64. The highest BCUT2D eigenvalue weighted by Crippen LogP contribution is 2.47. The number of carbonyl (C=O) groups excluding carboxylic acids is 1. The van der Waals surface area contributed by atoms with Crippen LogP contribution >= 0.6 is 7.82 Å². The topological polar surface area (TPSA) is 192 Å². The quantitative estimate of drug-likeness (QED) is 0.0155. The van der Waals surface area contributed by atoms with Crippen LogP contribution in [0.3, 0.4) is 0 Å². The molecule has 0 radical (unpaired) electrons. The third-order valence-corrected chi connectivity index (χ3v) is 11.1. The van der Waals surface area contributed by atoms with Crippen molar-refractivity contribution < 1.29 is 58.3 Å². The summed E-state index contributed by atoms with van der Waals surface area (Å²) in [7, 11) is -5.00. The summed E-state index contributed by atoms with van der Waals surface area (Å²) in [6.45, 7) is 4.21. The summed E-state index contributed by atoms with van der Waals surface area (Å²) in [4.78, 5) is 23.0. The van der Waals surface area contributed by atoms with Crippen LogP contribution in [0, 0.1) is 0 Å². The first-order valence-electron chi connectivity index (χ1n) is 21.5. The maximum Gasteiger partial charge on any atom is 0.472 e. The monoisotopic (exact) mass is 795 g/mol. The van der Waals surface area contributed by atoms with Crippen molar-refractivity contribution in [1.29, 1.82) is 0 Å². The van der Waals surface area contributed by atoms with Gasteiger partial charge in [-0.25, -0.2) is 4.57 Å². The van der Waals surface area contributed by atoms with E-state index >= 15 is 0 Å². The van der Waals surface area contributed by atoms with Gasteiger partial charge in [0.25, 0.3) is 0 Å². The highest BCUT2D eigenvalue weighted by atomic mass is 31.2. The van der Waals surface area contributed by atoms with Gasteiger partial charge in [-0.3, -0.25) is 13.8 Å². The number of hydrogen-bond donors (Lipinski definition) is 6. The Morgan fingerprint density at radius 2 is 0.981 bits per heavy atom. The van der Waals surface area contributed by atoms with Crippen molar-refractivity contribution in [3.05, 3.63) is 12.2 Å². The van der Waals surface area contributed by atoms with Crippen LogP contribution in [0.5, 0.6) is 0 Å². The van der Waals surface area contributed by atoms with Gasteiger partial charge in [0.05, 0.1) is 13.2 Å². The van der Waals surface area contributed by atoms with Gasteiger partial charge in [0.1, 0.15) is 42.7 Å². The van der Waals surface area contributed by atoms with Crippen LogP contribution in [-0.2, 0) is 27.9 Å². The lowest BCUT2D eigenvalue weighted by molar-refractivity contribution is -0.220. The Hall–Kier alpha value is -0.920. The Bertz CT molecular complexity index is 952. The zero-order valence-corrected chi connectivity index (χ0v) is 34.7. The minimum Gasteiger partial charge on any atom is -0.457 e. The number of carbonyl (C=O) groups is 1. The number of phosphoric acid groups is 1. The van der Waals surface area contributed by atoms with Crippen LogP contribution in [-0.4, -0.2) is 98.9 Å². The summed E-state index contributed by atoms with van der Waals surface area (Å²) in [5.74, 6) is -0.482. The third kappa shape index (κ3) is 25.4. The molecule has 0 heterocycles. The molecule has 0 aromatic carbocycles. The molecule has 1 saturated carbocycles. The minimum atomic E-state index is -5.00. The maximum atomic E-state index is 12.7. The van der Waals surface area contributed by atoms with Crippen molar-refractivity contribution in [2.24, 2.45) is 0 Å². The fourth-order valence-electron chi connectivity index (χ4n) is 6.64. The van der Waals surface area contributed by atoms with Crippen molar-refractivity contribution >= 4 is 13.8 Å². The molecule has 13 heteroatoms. The zero-order chi connectivity index (χ0) is 39.9. The van der Waals surface area contributed by atoms with Crippen LogP contribution in [0.1, 0.15) is 181 Å². The van der Waals surface area contributed by atoms with E-state index in [1.54, 1.807) is 0 Å². The van der Waals surface area contributed by atoms with E-state index in [1.807, 2.05) is 0 Å². The number of esters is 1. The van der Waals surface area contributed by atoms with E-state index in [0.717, 1.165) is 38.5 Å². The molecule has 0 saturated heterocycles. The molecule has 1 fully saturated rings. The van der Waals surface area contributed by atoms with Crippen LogP contribution < -0.4 is 0 Å². The molecule has 6 atom stereocenters. The normalized spacial score (nSPS) is 23.5. The third-order valence-electron chi connectivity index (χ3n) is 10.1. The molecular formula is C41H79O12P. The second-order valence-electron chi connectivity index (χ2n) is 15.2. The first-order chi connectivity index (χ1) is 26.0. The first-order valence-corrected chi connectivity index (χ1v) is 23.0. The molecule has 0 aromatic rings. The first kappa shape index (κ1) is 51.1. The Kier molecular flexibility index (Phi) is 31.3. The van der Waals surface area contributed by atoms with Gasteiger partial charge in [0, 0.05) is 13.0 Å². The van der Waals surface area contributed by atoms with E-state index in [-0.39, 0.29) is 13.0 Å². The molecule has 320 valence electrons. The molecule has 1 aliphatic carbocycles. The van der Waals surface area contributed by atoms with Gasteiger partial charge >= 0.3 is 13.8 Å². The molecule has 0 bridgehead atoms. The smallest absolute Gasteiger partial charge is 0.457 e. The van der Waals surface area contributed by atoms with E-state index < -0.39 is 63.1 Å². The van der Waals surface area contributed by atoms with Crippen molar-refractivity contribution in [3.8, 4) is 0 Å². The number of unbranched alkanes of at least 4 members (excludes halogenated alkanes) is 22. The molecule has 0 spiro atoms. The maximum absolute atomic E-state index is 12.7. The fraction of sp³-hybridized carbons (Fsp3) is 0.927. The molecule has 1 rings (SSSR count). The van der Waals surface area contributed by atoms with Crippen molar-refractivity contribution in [2.75, 3.05) is 19.8 Å². The lowest BCUT2D eigenvalue weighted by atomic mass is 9.85. The van der Waals surface area contributed by atoms with Gasteiger partial charge in [0.2, 0.25) is 0 Å².